The lowest BCUT2D eigenvalue weighted by atomic mass is 9.95. The molecule has 0 N–H and O–H groups in total. The summed E-state index contributed by atoms with van der Waals surface area (Å²) >= 11 is 0. The summed E-state index contributed by atoms with van der Waals surface area (Å²) in [6.45, 7) is 0. The molecule has 0 bridgehead atoms. The molecule has 0 fully saturated rings. The first-order valence-electron chi connectivity index (χ1n) is 19.4. The van der Waals surface area contributed by atoms with Crippen LogP contribution >= 0.6 is 0 Å². The quantitative estimate of drug-likeness (QED) is 0.169. The molecule has 0 amide bonds. The average Bonchev–Trinajstić information content (AvgIpc) is 3.78. The van der Waals surface area contributed by atoms with Gasteiger partial charge in [-0.05, 0) is 62.8 Å². The zero-order valence-electron chi connectivity index (χ0n) is 30.7. The Bertz CT molecular complexity index is 3550. The molecule has 0 unspecified atom stereocenters. The molecule has 0 atom stereocenters. The zero-order valence-corrected chi connectivity index (χ0v) is 30.7. The molecule has 2 aromatic heterocycles. The number of allylic oxidation sites excluding steroid dienone is 1. The third-order valence-corrected chi connectivity index (χ3v) is 11.6. The first-order valence-corrected chi connectivity index (χ1v) is 19.4. The molecule has 1 aliphatic rings. The first-order chi connectivity index (χ1) is 28.3. The Morgan fingerprint density at radius 3 is 1.93 bits per heavy atom. The molecule has 57 heavy (non-hydrogen) atoms. The molecule has 4 nitrogen and oxygen atoms in total. The van der Waals surface area contributed by atoms with Crippen molar-refractivity contribution in [1.29, 1.82) is 0 Å². The molecular formula is C53H32N2O2. The fourth-order valence-electron chi connectivity index (χ4n) is 8.89. The van der Waals surface area contributed by atoms with Crippen LogP contribution < -0.4 is 0 Å². The highest BCUT2D eigenvalue weighted by Crippen LogP contribution is 2.44. The third kappa shape index (κ3) is 4.94. The van der Waals surface area contributed by atoms with Crippen LogP contribution in [-0.2, 0) is 0 Å². The summed E-state index contributed by atoms with van der Waals surface area (Å²) in [5, 5.41) is 11.2. The Kier molecular flexibility index (Phi) is 6.96. The first kappa shape index (κ1) is 31.8. The van der Waals surface area contributed by atoms with Gasteiger partial charge in [0.1, 0.15) is 22.3 Å². The van der Waals surface area contributed by atoms with Gasteiger partial charge >= 0.3 is 0 Å². The highest BCUT2D eigenvalue weighted by molar-refractivity contribution is 6.26. The van der Waals surface area contributed by atoms with Gasteiger partial charge in [0.05, 0.1) is 11.4 Å². The van der Waals surface area contributed by atoms with Crippen LogP contribution in [0, 0.1) is 0 Å². The van der Waals surface area contributed by atoms with Gasteiger partial charge in [0.2, 0.25) is 0 Å². The van der Waals surface area contributed by atoms with Crippen LogP contribution in [0.1, 0.15) is 23.1 Å². The lowest BCUT2D eigenvalue weighted by molar-refractivity contribution is 0.666. The summed E-state index contributed by atoms with van der Waals surface area (Å²) in [4.78, 5) is 11.0. The number of hydrogen-bond donors (Lipinski definition) is 0. The number of furan rings is 2. The molecule has 3 heterocycles. The zero-order chi connectivity index (χ0) is 37.5. The molecule has 12 rings (SSSR count). The van der Waals surface area contributed by atoms with Gasteiger partial charge < -0.3 is 8.83 Å². The van der Waals surface area contributed by atoms with E-state index in [9.17, 15) is 0 Å². The standard InChI is InChI=1S/C53H32N2O2/c1-2-14-33(15-3-1)46-29-30-47(45-31-34-16-5-6-17-35(34)37-19-8-9-20-38(37)45)55-53(54-46)44-28-27-42(52-49(44)43-21-10-11-24-48(43)56-52)40-23-12-22-39-41-26-25-32-13-4-7-18-36(32)50(41)57-51(39)40/h1-28,30-31H,29H2. The van der Waals surface area contributed by atoms with Crippen molar-refractivity contribution in [1.82, 2.24) is 0 Å². The molecule has 0 saturated heterocycles. The predicted molar refractivity (Wildman–Crippen MR) is 238 cm³/mol. The van der Waals surface area contributed by atoms with Crippen molar-refractivity contribution in [2.24, 2.45) is 9.98 Å². The van der Waals surface area contributed by atoms with Crippen molar-refractivity contribution in [2.45, 2.75) is 6.42 Å². The van der Waals surface area contributed by atoms with Gasteiger partial charge in [-0.25, -0.2) is 9.98 Å². The third-order valence-electron chi connectivity index (χ3n) is 11.6. The van der Waals surface area contributed by atoms with Gasteiger partial charge in [-0.1, -0.05) is 152 Å². The number of aliphatic imine (C=N–C) groups is 2. The van der Waals surface area contributed by atoms with Gasteiger partial charge in [-0.3, -0.25) is 0 Å². The highest BCUT2D eigenvalue weighted by Gasteiger charge is 2.24. The predicted octanol–water partition coefficient (Wildman–Crippen LogP) is 14.3. The normalized spacial score (nSPS) is 13.5. The number of nitrogens with zero attached hydrogens (tertiary/aromatic N) is 2. The van der Waals surface area contributed by atoms with E-state index in [4.69, 9.17) is 18.8 Å². The molecular weight excluding hydrogens is 697 g/mol. The smallest absolute Gasteiger partial charge is 0.160 e. The van der Waals surface area contributed by atoms with E-state index in [1.165, 1.54) is 16.2 Å². The molecule has 11 aromatic rings. The maximum absolute atomic E-state index is 6.86. The largest absolute Gasteiger partial charge is 0.455 e. The maximum atomic E-state index is 6.86. The van der Waals surface area contributed by atoms with E-state index in [0.29, 0.717) is 12.3 Å². The SMILES string of the molecule is C1=C(c2cc3ccccc3c3ccccc23)N=C(c2ccc(-c3cccc4c3oc3c5ccccc5ccc43)c3oc4ccccc4c23)N=C(c2ccccc2)C1. The fraction of sp³-hybridized carbons (Fsp3) is 0.0189. The second-order valence-electron chi connectivity index (χ2n) is 14.8. The van der Waals surface area contributed by atoms with Gasteiger partial charge in [-0.15, -0.1) is 0 Å². The van der Waals surface area contributed by atoms with Crippen molar-refractivity contribution in [3.8, 4) is 11.1 Å². The summed E-state index contributed by atoms with van der Waals surface area (Å²) in [5.41, 5.74) is 10.2. The van der Waals surface area contributed by atoms with Gasteiger partial charge in [0, 0.05) is 55.6 Å². The molecule has 4 heteroatoms. The Morgan fingerprint density at radius 2 is 1.05 bits per heavy atom. The van der Waals surface area contributed by atoms with Gasteiger partial charge in [0.15, 0.2) is 5.84 Å². The second-order valence-corrected chi connectivity index (χ2v) is 14.8. The van der Waals surface area contributed by atoms with E-state index in [1.54, 1.807) is 0 Å². The van der Waals surface area contributed by atoms with Crippen molar-refractivity contribution < 1.29 is 8.83 Å². The van der Waals surface area contributed by atoms with Crippen molar-refractivity contribution in [3.63, 3.8) is 0 Å². The van der Waals surface area contributed by atoms with Gasteiger partial charge in [0.25, 0.3) is 0 Å². The van der Waals surface area contributed by atoms with Crippen LogP contribution in [0.3, 0.4) is 0 Å². The molecule has 266 valence electrons. The summed E-state index contributed by atoms with van der Waals surface area (Å²) < 4.78 is 13.7. The van der Waals surface area contributed by atoms with Crippen molar-refractivity contribution in [3.05, 3.63) is 199 Å². The summed E-state index contributed by atoms with van der Waals surface area (Å²) in [6, 6.07) is 61.7. The molecule has 9 aromatic carbocycles. The average molecular weight is 729 g/mol. The maximum Gasteiger partial charge on any atom is 0.160 e. The van der Waals surface area contributed by atoms with E-state index >= 15 is 0 Å². The molecule has 0 saturated carbocycles. The van der Waals surface area contributed by atoms with E-state index in [0.717, 1.165) is 99.3 Å². The Morgan fingerprint density at radius 1 is 0.386 bits per heavy atom. The topological polar surface area (TPSA) is 51.0 Å². The lowest BCUT2D eigenvalue weighted by Gasteiger charge is -2.12. The van der Waals surface area contributed by atoms with E-state index in [-0.39, 0.29) is 0 Å². The number of rotatable bonds is 4. The van der Waals surface area contributed by atoms with Crippen LogP contribution in [0.15, 0.2) is 201 Å². The molecule has 1 aliphatic heterocycles. The monoisotopic (exact) mass is 728 g/mol. The Hall–Kier alpha value is -7.56. The van der Waals surface area contributed by atoms with Crippen LogP contribution in [0.4, 0.5) is 0 Å². The minimum absolute atomic E-state index is 0.629. The number of hydrogen-bond acceptors (Lipinski definition) is 4. The summed E-state index contributed by atoms with van der Waals surface area (Å²) in [7, 11) is 0. The fourth-order valence-corrected chi connectivity index (χ4v) is 8.89. The second kappa shape index (κ2) is 12.5. The van der Waals surface area contributed by atoms with Crippen LogP contribution in [0.25, 0.3) is 93.0 Å². The molecule has 0 aliphatic carbocycles. The van der Waals surface area contributed by atoms with Crippen LogP contribution in [0.5, 0.6) is 0 Å². The number of fused-ring (bicyclic) bond motifs is 11. The number of para-hydroxylation sites is 2. The van der Waals surface area contributed by atoms with Crippen molar-refractivity contribution in [2.75, 3.05) is 0 Å². The minimum atomic E-state index is 0.629. The van der Waals surface area contributed by atoms with E-state index in [1.807, 2.05) is 18.2 Å². The summed E-state index contributed by atoms with van der Waals surface area (Å²) in [6.07, 6.45) is 2.87. The van der Waals surface area contributed by atoms with Crippen molar-refractivity contribution >= 4 is 93.4 Å². The number of amidine groups is 1. The molecule has 0 spiro atoms. The van der Waals surface area contributed by atoms with Crippen LogP contribution in [0.2, 0.25) is 0 Å². The highest BCUT2D eigenvalue weighted by atomic mass is 16.3. The lowest BCUT2D eigenvalue weighted by Crippen LogP contribution is -2.05. The Balaban J connectivity index is 1.12. The van der Waals surface area contributed by atoms with E-state index < -0.39 is 0 Å². The van der Waals surface area contributed by atoms with E-state index in [2.05, 4.69) is 164 Å². The number of benzene rings is 9. The minimum Gasteiger partial charge on any atom is -0.455 e. The van der Waals surface area contributed by atoms with Gasteiger partial charge in [-0.2, -0.15) is 0 Å². The van der Waals surface area contributed by atoms with Crippen LogP contribution in [-0.4, -0.2) is 11.5 Å². The summed E-state index contributed by atoms with van der Waals surface area (Å²) in [5.74, 6) is 0.645. The molecule has 0 radical (unpaired) electrons. The Labute approximate surface area is 327 Å².